The Labute approximate surface area is 121 Å². The van der Waals surface area contributed by atoms with Crippen LogP contribution in [-0.4, -0.2) is 22.5 Å². The molecule has 3 rings (SSSR count). The molecule has 20 heavy (non-hydrogen) atoms. The molecule has 0 unspecified atom stereocenters. The van der Waals surface area contributed by atoms with Crippen LogP contribution in [0.25, 0.3) is 11.0 Å². The Morgan fingerprint density at radius 3 is 2.75 bits per heavy atom. The number of halogens is 4. The fourth-order valence-corrected chi connectivity index (χ4v) is 2.60. The molecule has 0 atom stereocenters. The van der Waals surface area contributed by atoms with E-state index < -0.39 is 13.0 Å². The number of alkyl halides is 3. The highest BCUT2D eigenvalue weighted by molar-refractivity contribution is 9.10. The molecule has 0 amide bonds. The number of benzene rings is 1. The quantitative estimate of drug-likeness (QED) is 0.827. The van der Waals surface area contributed by atoms with Crippen LogP contribution in [-0.2, 0) is 11.3 Å². The van der Waals surface area contributed by atoms with Crippen LogP contribution in [0.4, 0.5) is 13.2 Å². The summed E-state index contributed by atoms with van der Waals surface area (Å²) < 4.78 is 42.8. The van der Waals surface area contributed by atoms with Gasteiger partial charge in [0.1, 0.15) is 5.82 Å². The lowest BCUT2D eigenvalue weighted by Gasteiger charge is -2.11. The second-order valence-electron chi connectivity index (χ2n) is 4.82. The van der Waals surface area contributed by atoms with Crippen LogP contribution < -0.4 is 0 Å². The van der Waals surface area contributed by atoms with Gasteiger partial charge in [-0.2, -0.15) is 0 Å². The molecule has 108 valence electrons. The maximum Gasteiger partial charge on any atom is 0.522 e. The van der Waals surface area contributed by atoms with Crippen molar-refractivity contribution in [2.24, 2.45) is 0 Å². The van der Waals surface area contributed by atoms with Crippen LogP contribution in [0.5, 0.6) is 0 Å². The van der Waals surface area contributed by atoms with E-state index in [4.69, 9.17) is 0 Å². The Hall–Kier alpha value is -1.08. The van der Waals surface area contributed by atoms with Crippen LogP contribution >= 0.6 is 15.9 Å². The van der Waals surface area contributed by atoms with Crippen molar-refractivity contribution in [1.82, 2.24) is 9.55 Å². The summed E-state index contributed by atoms with van der Waals surface area (Å²) in [6, 6.07) is 5.62. The number of aromatic nitrogens is 2. The summed E-state index contributed by atoms with van der Waals surface area (Å²) in [4.78, 5) is 4.54. The second-order valence-corrected chi connectivity index (χ2v) is 5.74. The monoisotopic (exact) mass is 348 g/mol. The van der Waals surface area contributed by atoms with Crippen molar-refractivity contribution in [3.8, 4) is 0 Å². The summed E-state index contributed by atoms with van der Waals surface area (Å²) in [5.41, 5.74) is 1.65. The summed E-state index contributed by atoms with van der Waals surface area (Å²) in [6.07, 6.45) is -2.49. The average molecular weight is 349 g/mol. The molecule has 1 aliphatic rings. The van der Waals surface area contributed by atoms with Crippen LogP contribution in [0.15, 0.2) is 22.7 Å². The molecule has 1 aromatic carbocycles. The third-order valence-corrected chi connectivity index (χ3v) is 3.76. The minimum atomic E-state index is -4.59. The summed E-state index contributed by atoms with van der Waals surface area (Å²) in [7, 11) is 0. The number of fused-ring (bicyclic) bond motifs is 1. The van der Waals surface area contributed by atoms with Gasteiger partial charge in [-0.3, -0.25) is 4.74 Å². The minimum absolute atomic E-state index is 0.151. The lowest BCUT2D eigenvalue weighted by Crippen LogP contribution is -2.18. The summed E-state index contributed by atoms with van der Waals surface area (Å²) in [5.74, 6) is 1.23. The van der Waals surface area contributed by atoms with Crippen LogP contribution in [0, 0.1) is 0 Å². The van der Waals surface area contributed by atoms with Gasteiger partial charge in [-0.05, 0) is 31.0 Å². The average Bonchev–Trinajstić information content (AvgIpc) is 3.12. The van der Waals surface area contributed by atoms with Gasteiger partial charge in [-0.15, -0.1) is 13.2 Å². The highest BCUT2D eigenvalue weighted by atomic mass is 79.9. The van der Waals surface area contributed by atoms with Crippen LogP contribution in [0.3, 0.4) is 0 Å². The first-order valence-corrected chi connectivity index (χ1v) is 7.10. The van der Waals surface area contributed by atoms with E-state index >= 15 is 0 Å². The van der Waals surface area contributed by atoms with Gasteiger partial charge in [0.25, 0.3) is 0 Å². The molecule has 3 nitrogen and oxygen atoms in total. The molecule has 1 heterocycles. The van der Waals surface area contributed by atoms with E-state index in [0.29, 0.717) is 5.92 Å². The first kappa shape index (κ1) is 13.9. The Balaban J connectivity index is 1.90. The van der Waals surface area contributed by atoms with Crippen molar-refractivity contribution in [1.29, 1.82) is 0 Å². The van der Waals surface area contributed by atoms with Crippen molar-refractivity contribution in [2.45, 2.75) is 31.7 Å². The molecule has 2 aromatic rings. The number of hydrogen-bond acceptors (Lipinski definition) is 2. The lowest BCUT2D eigenvalue weighted by atomic mass is 10.3. The zero-order valence-corrected chi connectivity index (χ0v) is 12.0. The van der Waals surface area contributed by atoms with Crippen molar-refractivity contribution < 1.29 is 17.9 Å². The molecule has 0 radical (unpaired) electrons. The van der Waals surface area contributed by atoms with Gasteiger partial charge in [-0.1, -0.05) is 15.9 Å². The molecule has 0 saturated heterocycles. The first-order valence-electron chi connectivity index (χ1n) is 6.30. The molecule has 7 heteroatoms. The summed E-state index contributed by atoms with van der Waals surface area (Å²) in [5, 5.41) is 0. The van der Waals surface area contributed by atoms with Gasteiger partial charge >= 0.3 is 6.36 Å². The SMILES string of the molecule is FC(F)(F)OCCn1c(C2CC2)nc2ccc(Br)cc21. The minimum Gasteiger partial charge on any atom is -0.325 e. The molecule has 0 N–H and O–H groups in total. The number of ether oxygens (including phenoxy) is 1. The topological polar surface area (TPSA) is 27.1 Å². The molecule has 1 aliphatic carbocycles. The third kappa shape index (κ3) is 2.98. The van der Waals surface area contributed by atoms with E-state index in [-0.39, 0.29) is 6.54 Å². The fourth-order valence-electron chi connectivity index (χ4n) is 2.26. The van der Waals surface area contributed by atoms with Gasteiger partial charge in [-0.25, -0.2) is 4.98 Å². The largest absolute Gasteiger partial charge is 0.522 e. The van der Waals surface area contributed by atoms with Gasteiger partial charge in [0.05, 0.1) is 17.6 Å². The highest BCUT2D eigenvalue weighted by Crippen LogP contribution is 2.41. The molecule has 0 spiro atoms. The maximum absolute atomic E-state index is 12.1. The van der Waals surface area contributed by atoms with Crippen molar-refractivity contribution in [3.05, 3.63) is 28.5 Å². The number of imidazole rings is 1. The molecule has 0 bridgehead atoms. The van der Waals surface area contributed by atoms with E-state index in [1.807, 2.05) is 22.8 Å². The van der Waals surface area contributed by atoms with E-state index in [2.05, 4.69) is 25.7 Å². The van der Waals surface area contributed by atoms with Crippen molar-refractivity contribution >= 4 is 27.0 Å². The summed E-state index contributed by atoms with van der Waals surface area (Å²) >= 11 is 3.38. The molecule has 1 aromatic heterocycles. The molecule has 0 aliphatic heterocycles. The maximum atomic E-state index is 12.1. The Bertz CT molecular complexity index is 634. The van der Waals surface area contributed by atoms with Crippen molar-refractivity contribution in [3.63, 3.8) is 0 Å². The second kappa shape index (κ2) is 5.04. The predicted octanol–water partition coefficient (Wildman–Crippen LogP) is 4.21. The molecule has 1 saturated carbocycles. The third-order valence-electron chi connectivity index (χ3n) is 3.26. The van der Waals surface area contributed by atoms with Crippen molar-refractivity contribution in [2.75, 3.05) is 6.61 Å². The molecular formula is C13H12BrF3N2O. The van der Waals surface area contributed by atoms with Crippen LogP contribution in [0.1, 0.15) is 24.6 Å². The molecular weight excluding hydrogens is 337 g/mol. The highest BCUT2D eigenvalue weighted by Gasteiger charge is 2.31. The van der Waals surface area contributed by atoms with E-state index in [9.17, 15) is 13.2 Å². The van der Waals surface area contributed by atoms with E-state index in [0.717, 1.165) is 34.2 Å². The van der Waals surface area contributed by atoms with Crippen LogP contribution in [0.2, 0.25) is 0 Å². The summed E-state index contributed by atoms with van der Waals surface area (Å²) in [6.45, 7) is -0.251. The van der Waals surface area contributed by atoms with Gasteiger partial charge in [0.2, 0.25) is 0 Å². The Morgan fingerprint density at radius 1 is 1.35 bits per heavy atom. The van der Waals surface area contributed by atoms with E-state index in [1.165, 1.54) is 0 Å². The molecule has 1 fully saturated rings. The zero-order valence-electron chi connectivity index (χ0n) is 10.5. The smallest absolute Gasteiger partial charge is 0.325 e. The Morgan fingerprint density at radius 2 is 2.10 bits per heavy atom. The van der Waals surface area contributed by atoms with Gasteiger partial charge in [0.15, 0.2) is 0 Å². The van der Waals surface area contributed by atoms with E-state index in [1.54, 1.807) is 0 Å². The lowest BCUT2D eigenvalue weighted by molar-refractivity contribution is -0.325. The number of nitrogens with zero attached hydrogens (tertiary/aromatic N) is 2. The zero-order chi connectivity index (χ0) is 14.3. The Kier molecular flexibility index (Phi) is 3.50. The normalized spacial score (nSPS) is 16.0. The van der Waals surface area contributed by atoms with Gasteiger partial charge in [0, 0.05) is 16.9 Å². The standard InChI is InChI=1S/C13H12BrF3N2O/c14-9-3-4-10-11(7-9)19(5-6-20-13(15,16)17)12(18-10)8-1-2-8/h3-4,7-8H,1-2,5-6H2. The number of rotatable bonds is 4. The first-order chi connectivity index (χ1) is 9.44. The fraction of sp³-hybridized carbons (Fsp3) is 0.462. The van der Waals surface area contributed by atoms with Gasteiger partial charge < -0.3 is 4.57 Å². The number of hydrogen-bond donors (Lipinski definition) is 0. The predicted molar refractivity (Wildman–Crippen MR) is 71.4 cm³/mol.